The Bertz CT molecular complexity index is 1450. The van der Waals surface area contributed by atoms with Gasteiger partial charge in [-0.15, -0.1) is 11.3 Å². The van der Waals surface area contributed by atoms with Crippen molar-refractivity contribution >= 4 is 40.1 Å². The molecule has 1 aliphatic carbocycles. The van der Waals surface area contributed by atoms with Gasteiger partial charge in [0.25, 0.3) is 0 Å². The molecule has 9 heteroatoms. The predicted octanol–water partition coefficient (Wildman–Crippen LogP) is 5.80. The molecule has 4 heterocycles. The summed E-state index contributed by atoms with van der Waals surface area (Å²) < 4.78 is 0. The summed E-state index contributed by atoms with van der Waals surface area (Å²) in [5.41, 5.74) is 3.54. The third kappa shape index (κ3) is 5.18. The van der Waals surface area contributed by atoms with E-state index < -0.39 is 11.9 Å². The summed E-state index contributed by atoms with van der Waals surface area (Å²) in [6, 6.07) is 11.8. The van der Waals surface area contributed by atoms with Gasteiger partial charge in [-0.3, -0.25) is 24.2 Å². The normalized spacial score (nSPS) is 22.6. The Kier molecular flexibility index (Phi) is 7.47. The van der Waals surface area contributed by atoms with Gasteiger partial charge in [0.1, 0.15) is 5.82 Å². The summed E-state index contributed by atoms with van der Waals surface area (Å²) in [5.74, 6) is -0.417. The molecule has 2 fully saturated rings. The van der Waals surface area contributed by atoms with Crippen LogP contribution in [0, 0.1) is 17.8 Å². The third-order valence-electron chi connectivity index (χ3n) is 8.45. The van der Waals surface area contributed by atoms with Crippen molar-refractivity contribution in [3.8, 4) is 22.4 Å². The minimum Gasteiger partial charge on any atom is -0.481 e. The van der Waals surface area contributed by atoms with Crippen molar-refractivity contribution in [1.82, 2.24) is 9.97 Å². The van der Waals surface area contributed by atoms with E-state index in [-0.39, 0.29) is 24.2 Å². The number of carbonyl (C=O) groups is 3. The van der Waals surface area contributed by atoms with Gasteiger partial charge in [0.2, 0.25) is 11.8 Å². The molecule has 206 valence electrons. The Hall–Kier alpha value is -3.85. The first-order chi connectivity index (χ1) is 19.5. The first kappa shape index (κ1) is 26.4. The molecule has 3 aromatic rings. The number of rotatable bonds is 7. The van der Waals surface area contributed by atoms with Gasteiger partial charge in [0.05, 0.1) is 18.0 Å². The molecule has 8 nitrogen and oxygen atoms in total. The van der Waals surface area contributed by atoms with Crippen LogP contribution in [0.25, 0.3) is 22.4 Å². The van der Waals surface area contributed by atoms with Crippen LogP contribution in [0.2, 0.25) is 0 Å². The lowest BCUT2D eigenvalue weighted by atomic mass is 9.67. The van der Waals surface area contributed by atoms with E-state index in [4.69, 9.17) is 4.98 Å². The van der Waals surface area contributed by atoms with Crippen LogP contribution in [0.1, 0.15) is 44.9 Å². The molecular weight excluding hydrogens is 524 g/mol. The molecule has 1 N–H and O–H groups in total. The Morgan fingerprint density at radius 2 is 1.85 bits per heavy atom. The van der Waals surface area contributed by atoms with Crippen molar-refractivity contribution in [3.63, 3.8) is 0 Å². The van der Waals surface area contributed by atoms with Crippen molar-refractivity contribution in [1.29, 1.82) is 0 Å². The van der Waals surface area contributed by atoms with E-state index in [0.29, 0.717) is 36.4 Å². The summed E-state index contributed by atoms with van der Waals surface area (Å²) in [6.45, 7) is 1.07. The zero-order valence-corrected chi connectivity index (χ0v) is 23.1. The van der Waals surface area contributed by atoms with Crippen LogP contribution >= 0.6 is 11.3 Å². The molecule has 0 spiro atoms. The van der Waals surface area contributed by atoms with Gasteiger partial charge < -0.3 is 5.11 Å². The second-order valence-electron chi connectivity index (χ2n) is 10.8. The molecule has 3 aliphatic rings. The van der Waals surface area contributed by atoms with Gasteiger partial charge in [0.15, 0.2) is 5.13 Å². The molecule has 2 aromatic heterocycles. The molecule has 2 atom stereocenters. The Labute approximate surface area is 237 Å². The fraction of sp³-hybridized carbons (Fsp3) is 0.387. The lowest BCUT2D eigenvalue weighted by molar-refractivity contribution is -0.142. The number of amides is 2. The molecular formula is C31H32N4O4S. The lowest BCUT2D eigenvalue weighted by Gasteiger charge is -2.39. The SMILES string of the molecule is O=C(O)C[C@@H]1C(=O)N(c2nc(-c3ccccc3-c3ccc(N4CCCC4=O)nc3)cs2)C/C=C\C[C@@H]1C1CCC1. The first-order valence-electron chi connectivity index (χ1n) is 14.0. The Balaban J connectivity index is 1.28. The maximum atomic E-state index is 13.8. The van der Waals surface area contributed by atoms with Gasteiger partial charge in [0, 0.05) is 42.2 Å². The average Bonchev–Trinajstić information content (AvgIpc) is 3.58. The van der Waals surface area contributed by atoms with E-state index in [1.807, 2.05) is 47.9 Å². The number of anilines is 2. The van der Waals surface area contributed by atoms with Crippen LogP contribution in [0.5, 0.6) is 0 Å². The van der Waals surface area contributed by atoms with E-state index in [0.717, 1.165) is 54.5 Å². The van der Waals surface area contributed by atoms with Gasteiger partial charge in [-0.2, -0.15) is 0 Å². The number of aromatic nitrogens is 2. The van der Waals surface area contributed by atoms with Crippen LogP contribution in [0.4, 0.5) is 10.9 Å². The molecule has 0 radical (unpaired) electrons. The third-order valence-corrected chi connectivity index (χ3v) is 9.31. The highest BCUT2D eigenvalue weighted by atomic mass is 32.1. The molecule has 0 bridgehead atoms. The minimum absolute atomic E-state index is 0.0443. The summed E-state index contributed by atoms with van der Waals surface area (Å²) >= 11 is 1.40. The zero-order valence-electron chi connectivity index (χ0n) is 22.2. The lowest BCUT2D eigenvalue weighted by Crippen LogP contribution is -2.44. The smallest absolute Gasteiger partial charge is 0.304 e. The minimum atomic E-state index is -0.936. The van der Waals surface area contributed by atoms with Crippen molar-refractivity contribution in [2.45, 2.75) is 44.9 Å². The maximum Gasteiger partial charge on any atom is 0.304 e. The molecule has 1 aromatic carbocycles. The molecule has 6 rings (SSSR count). The van der Waals surface area contributed by atoms with Gasteiger partial charge in [-0.05, 0) is 42.4 Å². The topological polar surface area (TPSA) is 104 Å². The fourth-order valence-electron chi connectivity index (χ4n) is 6.12. The largest absolute Gasteiger partial charge is 0.481 e. The van der Waals surface area contributed by atoms with Crippen LogP contribution in [-0.4, -0.2) is 45.9 Å². The van der Waals surface area contributed by atoms with Crippen molar-refractivity contribution < 1.29 is 19.5 Å². The number of nitrogens with zero attached hydrogens (tertiary/aromatic N) is 4. The Morgan fingerprint density at radius 3 is 2.52 bits per heavy atom. The molecule has 1 saturated carbocycles. The molecule has 40 heavy (non-hydrogen) atoms. The maximum absolute atomic E-state index is 13.8. The number of hydrogen-bond acceptors (Lipinski definition) is 6. The highest BCUT2D eigenvalue weighted by Crippen LogP contribution is 2.43. The van der Waals surface area contributed by atoms with Gasteiger partial charge >= 0.3 is 5.97 Å². The van der Waals surface area contributed by atoms with Crippen molar-refractivity contribution in [2.24, 2.45) is 17.8 Å². The number of aliphatic carboxylic acids is 1. The fourth-order valence-corrected chi connectivity index (χ4v) is 6.96. The van der Waals surface area contributed by atoms with Crippen LogP contribution in [-0.2, 0) is 14.4 Å². The summed E-state index contributed by atoms with van der Waals surface area (Å²) in [6.07, 6.45) is 11.2. The monoisotopic (exact) mass is 556 g/mol. The summed E-state index contributed by atoms with van der Waals surface area (Å²) in [4.78, 5) is 50.6. The average molecular weight is 557 g/mol. The second-order valence-corrected chi connectivity index (χ2v) is 11.7. The summed E-state index contributed by atoms with van der Waals surface area (Å²) in [7, 11) is 0. The standard InChI is InChI=1S/C31H32N4O4S/c36-28-12-6-16-34(28)27-14-13-21(18-32-27)23-9-1-2-11-24(23)26-19-40-31(33-26)35-15-4-3-10-22(20-7-5-8-20)25(30(35)39)17-29(37)38/h1-4,9,11,13-14,18-20,22,25H,5-8,10,12,15-17H2,(H,37,38)/b4-3-/t22-,25+/m1/s1. The number of carbonyl (C=O) groups excluding carboxylic acids is 2. The Morgan fingerprint density at radius 1 is 1.02 bits per heavy atom. The van der Waals surface area contributed by atoms with Crippen LogP contribution < -0.4 is 9.80 Å². The van der Waals surface area contributed by atoms with E-state index >= 15 is 0 Å². The highest BCUT2D eigenvalue weighted by Gasteiger charge is 2.40. The van der Waals surface area contributed by atoms with Gasteiger partial charge in [-0.1, -0.05) is 55.7 Å². The number of thiazole rings is 1. The highest BCUT2D eigenvalue weighted by molar-refractivity contribution is 7.14. The van der Waals surface area contributed by atoms with E-state index in [1.54, 1.807) is 16.0 Å². The number of carboxylic acid groups (broad SMARTS) is 1. The van der Waals surface area contributed by atoms with Crippen LogP contribution in [0.15, 0.2) is 60.1 Å². The second kappa shape index (κ2) is 11.3. The van der Waals surface area contributed by atoms with E-state index in [1.165, 1.54) is 11.3 Å². The summed E-state index contributed by atoms with van der Waals surface area (Å²) in [5, 5.41) is 12.2. The molecule has 0 unspecified atom stereocenters. The number of allylic oxidation sites excluding steroid dienone is 1. The van der Waals surface area contributed by atoms with Gasteiger partial charge in [-0.25, -0.2) is 9.97 Å². The van der Waals surface area contributed by atoms with Crippen LogP contribution in [0.3, 0.4) is 0 Å². The number of pyridine rings is 1. The molecule has 1 saturated heterocycles. The van der Waals surface area contributed by atoms with Crippen molar-refractivity contribution in [3.05, 3.63) is 60.1 Å². The van der Waals surface area contributed by atoms with E-state index in [2.05, 4.69) is 11.1 Å². The predicted molar refractivity (Wildman–Crippen MR) is 155 cm³/mol. The number of benzene rings is 1. The first-order valence-corrected chi connectivity index (χ1v) is 14.9. The zero-order chi connectivity index (χ0) is 27.6. The van der Waals surface area contributed by atoms with Crippen molar-refractivity contribution in [2.75, 3.05) is 22.9 Å². The molecule has 2 amide bonds. The quantitative estimate of drug-likeness (QED) is 0.369. The van der Waals surface area contributed by atoms with E-state index in [9.17, 15) is 19.5 Å². The number of hydrogen-bond donors (Lipinski definition) is 1. The molecule has 2 aliphatic heterocycles. The number of carboxylic acids is 1.